The topological polar surface area (TPSA) is 184 Å². The largest absolute Gasteiger partial charge is 0.384 e. The van der Waals surface area contributed by atoms with Crippen LogP contribution in [0.2, 0.25) is 0 Å². The van der Waals surface area contributed by atoms with E-state index in [0.29, 0.717) is 26.9 Å². The molecule has 0 aliphatic rings. The molecule has 166 valence electrons. The fraction of sp³-hybridized carbons (Fsp3) is 0.200. The SMILES string of the molecule is CC.NCCS(=O)c1ccc(-c2cccc3cc(N)ncc23)c(/C(N)=N/NN)c1SN. The van der Waals surface area contributed by atoms with Crippen LogP contribution in [0.5, 0.6) is 0 Å². The van der Waals surface area contributed by atoms with Crippen molar-refractivity contribution in [1.29, 1.82) is 0 Å². The van der Waals surface area contributed by atoms with Crippen molar-refractivity contribution in [3.63, 3.8) is 0 Å². The fourth-order valence-electron chi connectivity index (χ4n) is 3.10. The second-order valence-corrected chi connectivity index (χ2v) is 8.22. The normalized spacial score (nSPS) is 12.2. The van der Waals surface area contributed by atoms with E-state index in [1.165, 1.54) is 0 Å². The Hall–Kier alpha value is -2.70. The number of benzene rings is 2. The molecule has 0 amide bonds. The van der Waals surface area contributed by atoms with Crippen molar-refractivity contribution in [3.05, 3.63) is 48.2 Å². The van der Waals surface area contributed by atoms with Crippen LogP contribution in [0.4, 0.5) is 5.82 Å². The fourth-order valence-corrected chi connectivity index (χ4v) is 5.01. The third kappa shape index (κ3) is 5.32. The van der Waals surface area contributed by atoms with Crippen molar-refractivity contribution >= 4 is 45.2 Å². The summed E-state index contributed by atoms with van der Waals surface area (Å²) < 4.78 is 12.7. The lowest BCUT2D eigenvalue weighted by atomic mass is 9.95. The van der Waals surface area contributed by atoms with Crippen LogP contribution in [-0.2, 0) is 10.8 Å². The maximum atomic E-state index is 12.7. The Kier molecular flexibility index (Phi) is 9.21. The van der Waals surface area contributed by atoms with Crippen molar-refractivity contribution in [1.82, 2.24) is 10.5 Å². The number of pyridine rings is 1. The predicted molar refractivity (Wildman–Crippen MR) is 131 cm³/mol. The van der Waals surface area contributed by atoms with Gasteiger partial charge in [-0.3, -0.25) is 9.35 Å². The molecule has 11 N–H and O–H groups in total. The van der Waals surface area contributed by atoms with E-state index in [1.807, 2.05) is 38.1 Å². The first kappa shape index (κ1) is 24.6. The highest BCUT2D eigenvalue weighted by Crippen LogP contribution is 2.37. The molecule has 0 radical (unpaired) electrons. The number of nitrogen functional groups attached to an aromatic ring is 1. The molecule has 11 heteroatoms. The first-order chi connectivity index (χ1) is 15.0. The number of rotatable bonds is 7. The summed E-state index contributed by atoms with van der Waals surface area (Å²) in [7, 11) is -1.34. The average Bonchev–Trinajstić information content (AvgIpc) is 2.79. The molecule has 0 aliphatic heterocycles. The second-order valence-electron chi connectivity index (χ2n) is 6.03. The maximum Gasteiger partial charge on any atom is 0.153 e. The van der Waals surface area contributed by atoms with Gasteiger partial charge in [-0.1, -0.05) is 38.1 Å². The zero-order chi connectivity index (χ0) is 23.0. The summed E-state index contributed by atoms with van der Waals surface area (Å²) in [4.78, 5) is 5.30. The molecule has 0 bridgehead atoms. The Bertz CT molecular complexity index is 1100. The van der Waals surface area contributed by atoms with Gasteiger partial charge in [0.05, 0.1) is 20.6 Å². The number of amidine groups is 1. The number of hydrogen-bond acceptors (Lipinski definition) is 9. The average molecular weight is 461 g/mol. The van der Waals surface area contributed by atoms with Crippen molar-refractivity contribution in [2.45, 2.75) is 23.6 Å². The van der Waals surface area contributed by atoms with Crippen LogP contribution in [0.25, 0.3) is 21.9 Å². The molecule has 1 unspecified atom stereocenters. The third-order valence-corrected chi connectivity index (χ3v) is 6.53. The molecule has 2 aromatic carbocycles. The van der Waals surface area contributed by atoms with Crippen molar-refractivity contribution in [3.8, 4) is 11.1 Å². The number of hydrazone groups is 1. The highest BCUT2D eigenvalue weighted by atomic mass is 32.2. The molecule has 3 aromatic rings. The van der Waals surface area contributed by atoms with E-state index in [2.05, 4.69) is 15.6 Å². The maximum absolute atomic E-state index is 12.7. The number of nitrogens with two attached hydrogens (primary N) is 5. The number of hydrogen-bond donors (Lipinski definition) is 6. The molecular weight excluding hydrogens is 432 g/mol. The summed E-state index contributed by atoms with van der Waals surface area (Å²) in [6.45, 7) is 4.28. The lowest BCUT2D eigenvalue weighted by molar-refractivity contribution is 0.681. The van der Waals surface area contributed by atoms with Gasteiger partial charge in [0.15, 0.2) is 5.84 Å². The monoisotopic (exact) mass is 460 g/mol. The standard InChI is InChI=1S/C18H22N8OS2.C2H6/c19-6-7-29(27)14-5-4-12(16(17(14)28-23)18(21)25-26-22)11-3-1-2-10-8-15(20)24-9-13(10)11;1-2/h1-5,8-9,26H,6-7,19,22-23H2,(H2,20,24)(H2,21,25);1-2H3. The third-order valence-electron chi connectivity index (χ3n) is 4.31. The molecular formula is C20H28N8OS2. The van der Waals surface area contributed by atoms with Crippen molar-refractivity contribution in [2.75, 3.05) is 18.0 Å². The first-order valence-electron chi connectivity index (χ1n) is 9.57. The van der Waals surface area contributed by atoms with Gasteiger partial charge in [-0.15, -0.1) is 5.10 Å². The van der Waals surface area contributed by atoms with Crippen LogP contribution in [0.1, 0.15) is 19.4 Å². The minimum atomic E-state index is -1.34. The van der Waals surface area contributed by atoms with Crippen LogP contribution in [0, 0.1) is 0 Å². The minimum Gasteiger partial charge on any atom is -0.384 e. The molecule has 0 saturated heterocycles. The molecule has 0 spiro atoms. The summed E-state index contributed by atoms with van der Waals surface area (Å²) >= 11 is 0.948. The summed E-state index contributed by atoms with van der Waals surface area (Å²) in [6, 6.07) is 11.2. The highest BCUT2D eigenvalue weighted by Gasteiger charge is 2.21. The molecule has 0 saturated carbocycles. The second kappa shape index (κ2) is 11.6. The van der Waals surface area contributed by atoms with E-state index in [1.54, 1.807) is 18.3 Å². The summed E-state index contributed by atoms with van der Waals surface area (Å²) in [5.41, 5.74) is 21.9. The smallest absolute Gasteiger partial charge is 0.153 e. The summed E-state index contributed by atoms with van der Waals surface area (Å²) in [6.07, 6.45) is 1.70. The lowest BCUT2D eigenvalue weighted by Crippen LogP contribution is -2.25. The van der Waals surface area contributed by atoms with E-state index in [9.17, 15) is 4.21 Å². The first-order valence-corrected chi connectivity index (χ1v) is 11.8. The molecule has 31 heavy (non-hydrogen) atoms. The van der Waals surface area contributed by atoms with E-state index < -0.39 is 10.8 Å². The Morgan fingerprint density at radius 2 is 1.97 bits per heavy atom. The molecule has 3 rings (SSSR count). The van der Waals surface area contributed by atoms with Gasteiger partial charge in [0.1, 0.15) is 5.82 Å². The van der Waals surface area contributed by atoms with Gasteiger partial charge >= 0.3 is 0 Å². The zero-order valence-corrected chi connectivity index (χ0v) is 19.1. The quantitative estimate of drug-likeness (QED) is 0.100. The van der Waals surface area contributed by atoms with Gasteiger partial charge in [-0.05, 0) is 40.6 Å². The van der Waals surface area contributed by atoms with Gasteiger partial charge in [0.2, 0.25) is 0 Å². The molecule has 9 nitrogen and oxygen atoms in total. The minimum absolute atomic E-state index is 0.113. The molecule has 0 aliphatic carbocycles. The van der Waals surface area contributed by atoms with Crippen LogP contribution >= 0.6 is 11.9 Å². The molecule has 0 fully saturated rings. The van der Waals surface area contributed by atoms with E-state index in [0.717, 1.165) is 33.8 Å². The number of aromatic nitrogens is 1. The van der Waals surface area contributed by atoms with Crippen LogP contribution in [0.3, 0.4) is 0 Å². The van der Waals surface area contributed by atoms with Gasteiger partial charge in [0, 0.05) is 29.4 Å². The molecule has 1 aromatic heterocycles. The predicted octanol–water partition coefficient (Wildman–Crippen LogP) is 1.63. The van der Waals surface area contributed by atoms with Crippen LogP contribution in [-0.4, -0.2) is 27.3 Å². The zero-order valence-electron chi connectivity index (χ0n) is 17.5. The van der Waals surface area contributed by atoms with Crippen molar-refractivity contribution in [2.24, 2.45) is 27.6 Å². The number of nitrogens with one attached hydrogen (secondary N) is 1. The van der Waals surface area contributed by atoms with Gasteiger partial charge in [0.25, 0.3) is 0 Å². The van der Waals surface area contributed by atoms with E-state index in [-0.39, 0.29) is 12.4 Å². The number of anilines is 1. The van der Waals surface area contributed by atoms with Gasteiger partial charge in [-0.25, -0.2) is 16.4 Å². The van der Waals surface area contributed by atoms with Gasteiger partial charge < -0.3 is 17.2 Å². The lowest BCUT2D eigenvalue weighted by Gasteiger charge is -2.18. The van der Waals surface area contributed by atoms with Crippen molar-refractivity contribution < 1.29 is 4.21 Å². The Labute approximate surface area is 188 Å². The van der Waals surface area contributed by atoms with E-state index >= 15 is 0 Å². The van der Waals surface area contributed by atoms with E-state index in [4.69, 9.17) is 28.2 Å². The number of hydrazine groups is 1. The summed E-state index contributed by atoms with van der Waals surface area (Å²) in [5.74, 6) is 6.18. The summed E-state index contributed by atoms with van der Waals surface area (Å²) in [5, 5.41) is 11.7. The number of fused-ring (bicyclic) bond motifs is 1. The Morgan fingerprint density at radius 3 is 2.61 bits per heavy atom. The highest BCUT2D eigenvalue weighted by molar-refractivity contribution is 7.97. The molecule has 1 heterocycles. The van der Waals surface area contributed by atoms with Crippen LogP contribution < -0.4 is 33.7 Å². The van der Waals surface area contributed by atoms with Gasteiger partial charge in [-0.2, -0.15) is 0 Å². The molecule has 1 atom stereocenters. The Morgan fingerprint density at radius 1 is 1.23 bits per heavy atom. The van der Waals surface area contributed by atoms with Crippen LogP contribution in [0.15, 0.2) is 57.5 Å². The Balaban J connectivity index is 0.00000166. The number of nitrogens with zero attached hydrogens (tertiary/aromatic N) is 2.